The first kappa shape index (κ1) is 20.8. The van der Waals surface area contributed by atoms with Gasteiger partial charge in [-0.2, -0.15) is 17.4 Å². The summed E-state index contributed by atoms with van der Waals surface area (Å²) in [6, 6.07) is 0.00697. The van der Waals surface area contributed by atoms with Gasteiger partial charge in [0, 0.05) is 19.6 Å². The standard InChI is InChI=1S/C15H35N3O2S/c1-5-7-8-9-11-15(3)17-21(19,20)18(4)14-10-13-16-12-6-2/h15-17H,5-14H2,1-4H3. The van der Waals surface area contributed by atoms with Crippen LogP contribution in [0.1, 0.15) is 65.7 Å². The fraction of sp³-hybridized carbons (Fsp3) is 1.00. The second kappa shape index (κ2) is 12.4. The average molecular weight is 322 g/mol. The molecule has 0 rings (SSSR count). The third-order valence-electron chi connectivity index (χ3n) is 3.50. The molecule has 0 saturated carbocycles. The Morgan fingerprint density at radius 3 is 2.33 bits per heavy atom. The van der Waals surface area contributed by atoms with Crippen molar-refractivity contribution >= 4 is 10.2 Å². The zero-order chi connectivity index (χ0) is 16.1. The number of hydrogen-bond acceptors (Lipinski definition) is 3. The third kappa shape index (κ3) is 11.1. The zero-order valence-electron chi connectivity index (χ0n) is 14.3. The maximum atomic E-state index is 12.1. The van der Waals surface area contributed by atoms with Crippen LogP contribution in [0.2, 0.25) is 0 Å². The fourth-order valence-corrected chi connectivity index (χ4v) is 3.30. The largest absolute Gasteiger partial charge is 0.317 e. The fourth-order valence-electron chi connectivity index (χ4n) is 2.13. The molecule has 21 heavy (non-hydrogen) atoms. The molecule has 0 aliphatic rings. The van der Waals surface area contributed by atoms with Crippen LogP contribution in [0.3, 0.4) is 0 Å². The first-order valence-electron chi connectivity index (χ1n) is 8.38. The van der Waals surface area contributed by atoms with E-state index in [1.54, 1.807) is 7.05 Å². The van der Waals surface area contributed by atoms with E-state index in [2.05, 4.69) is 23.9 Å². The van der Waals surface area contributed by atoms with Crippen molar-refractivity contribution in [3.05, 3.63) is 0 Å². The lowest BCUT2D eigenvalue weighted by atomic mass is 10.1. The Labute approximate surface area is 132 Å². The smallest absolute Gasteiger partial charge is 0.279 e. The molecule has 0 aromatic heterocycles. The van der Waals surface area contributed by atoms with Crippen molar-refractivity contribution in [2.45, 2.75) is 71.8 Å². The molecule has 0 aromatic rings. The zero-order valence-corrected chi connectivity index (χ0v) is 15.1. The SMILES string of the molecule is CCCCCCC(C)NS(=O)(=O)N(C)CCCNCCC. The van der Waals surface area contributed by atoms with Crippen molar-refractivity contribution in [3.8, 4) is 0 Å². The second-order valence-corrected chi connectivity index (χ2v) is 7.61. The Hall–Kier alpha value is -0.170. The second-order valence-electron chi connectivity index (χ2n) is 5.80. The number of rotatable bonds is 14. The molecule has 1 unspecified atom stereocenters. The maximum Gasteiger partial charge on any atom is 0.279 e. The van der Waals surface area contributed by atoms with E-state index < -0.39 is 10.2 Å². The van der Waals surface area contributed by atoms with Crippen molar-refractivity contribution < 1.29 is 8.42 Å². The third-order valence-corrected chi connectivity index (χ3v) is 5.21. The van der Waals surface area contributed by atoms with E-state index in [1.165, 1.54) is 23.6 Å². The Bertz CT molecular complexity index is 334. The van der Waals surface area contributed by atoms with Crippen molar-refractivity contribution in [1.29, 1.82) is 0 Å². The van der Waals surface area contributed by atoms with Gasteiger partial charge in [-0.05, 0) is 39.3 Å². The van der Waals surface area contributed by atoms with E-state index >= 15 is 0 Å². The summed E-state index contributed by atoms with van der Waals surface area (Å²) >= 11 is 0. The van der Waals surface area contributed by atoms with E-state index in [9.17, 15) is 8.42 Å². The molecule has 0 amide bonds. The molecule has 128 valence electrons. The highest BCUT2D eigenvalue weighted by Crippen LogP contribution is 2.07. The van der Waals surface area contributed by atoms with E-state index in [-0.39, 0.29) is 6.04 Å². The minimum absolute atomic E-state index is 0.00697. The molecular formula is C15H35N3O2S. The van der Waals surface area contributed by atoms with Crippen LogP contribution in [0.5, 0.6) is 0 Å². The molecule has 0 fully saturated rings. The number of unbranched alkanes of at least 4 members (excludes halogenated alkanes) is 3. The molecule has 5 nitrogen and oxygen atoms in total. The van der Waals surface area contributed by atoms with Crippen molar-refractivity contribution in [1.82, 2.24) is 14.3 Å². The molecule has 0 heterocycles. The van der Waals surface area contributed by atoms with Gasteiger partial charge >= 0.3 is 0 Å². The van der Waals surface area contributed by atoms with Gasteiger partial charge in [0.25, 0.3) is 10.2 Å². The van der Waals surface area contributed by atoms with Crippen LogP contribution in [-0.4, -0.2) is 45.4 Å². The minimum atomic E-state index is -3.34. The summed E-state index contributed by atoms with van der Waals surface area (Å²) in [7, 11) is -1.69. The summed E-state index contributed by atoms with van der Waals surface area (Å²) in [5, 5.41) is 3.28. The molecule has 0 radical (unpaired) electrons. The predicted molar refractivity (Wildman–Crippen MR) is 90.7 cm³/mol. The highest BCUT2D eigenvalue weighted by molar-refractivity contribution is 7.87. The molecule has 0 aliphatic heterocycles. The number of nitrogens with one attached hydrogen (secondary N) is 2. The Morgan fingerprint density at radius 2 is 1.71 bits per heavy atom. The Balaban J connectivity index is 3.92. The molecule has 2 N–H and O–H groups in total. The summed E-state index contributed by atoms with van der Waals surface area (Å²) in [5.41, 5.74) is 0. The van der Waals surface area contributed by atoms with Gasteiger partial charge in [-0.25, -0.2) is 0 Å². The van der Waals surface area contributed by atoms with Crippen LogP contribution >= 0.6 is 0 Å². The van der Waals surface area contributed by atoms with Crippen LogP contribution in [0, 0.1) is 0 Å². The van der Waals surface area contributed by atoms with Gasteiger partial charge in [0.05, 0.1) is 0 Å². The van der Waals surface area contributed by atoms with Gasteiger partial charge in [0.15, 0.2) is 0 Å². The first-order valence-corrected chi connectivity index (χ1v) is 9.82. The van der Waals surface area contributed by atoms with E-state index in [1.807, 2.05) is 6.92 Å². The molecular weight excluding hydrogens is 286 g/mol. The normalized spacial score (nSPS) is 13.8. The van der Waals surface area contributed by atoms with E-state index in [0.717, 1.165) is 38.8 Å². The number of hydrogen-bond donors (Lipinski definition) is 2. The molecule has 0 aliphatic carbocycles. The highest BCUT2D eigenvalue weighted by Gasteiger charge is 2.19. The Kier molecular flexibility index (Phi) is 12.3. The van der Waals surface area contributed by atoms with Gasteiger partial charge in [-0.1, -0.05) is 39.5 Å². The van der Waals surface area contributed by atoms with Crippen LogP contribution in [0.25, 0.3) is 0 Å². The van der Waals surface area contributed by atoms with Crippen LogP contribution in [0.15, 0.2) is 0 Å². The quantitative estimate of drug-likeness (QED) is 0.483. The maximum absolute atomic E-state index is 12.1. The summed E-state index contributed by atoms with van der Waals surface area (Å²) < 4.78 is 28.5. The van der Waals surface area contributed by atoms with Gasteiger partial charge in [-0.3, -0.25) is 0 Å². The van der Waals surface area contributed by atoms with Crippen molar-refractivity contribution in [3.63, 3.8) is 0 Å². The molecule has 0 saturated heterocycles. The van der Waals surface area contributed by atoms with Crippen molar-refractivity contribution in [2.75, 3.05) is 26.7 Å². The molecule has 0 aromatic carbocycles. The predicted octanol–water partition coefficient (Wildman–Crippen LogP) is 2.50. The lowest BCUT2D eigenvalue weighted by molar-refractivity contribution is 0.431. The summed E-state index contributed by atoms with van der Waals surface area (Å²) in [4.78, 5) is 0. The minimum Gasteiger partial charge on any atom is -0.317 e. The first-order chi connectivity index (χ1) is 9.94. The lowest BCUT2D eigenvalue weighted by Crippen LogP contribution is -2.43. The van der Waals surface area contributed by atoms with Crippen molar-refractivity contribution in [2.24, 2.45) is 0 Å². The van der Waals surface area contributed by atoms with Crippen LogP contribution in [-0.2, 0) is 10.2 Å². The van der Waals surface area contributed by atoms with E-state index in [0.29, 0.717) is 6.54 Å². The highest BCUT2D eigenvalue weighted by atomic mass is 32.2. The molecule has 6 heteroatoms. The van der Waals surface area contributed by atoms with Crippen LogP contribution < -0.4 is 10.0 Å². The molecule has 1 atom stereocenters. The van der Waals surface area contributed by atoms with Gasteiger partial charge in [-0.15, -0.1) is 0 Å². The summed E-state index contributed by atoms with van der Waals surface area (Å²) in [6.45, 7) is 8.64. The summed E-state index contributed by atoms with van der Waals surface area (Å²) in [5.74, 6) is 0. The summed E-state index contributed by atoms with van der Waals surface area (Å²) in [6.07, 6.45) is 7.54. The average Bonchev–Trinajstić information content (AvgIpc) is 2.42. The van der Waals surface area contributed by atoms with Gasteiger partial charge in [0.2, 0.25) is 0 Å². The van der Waals surface area contributed by atoms with Gasteiger partial charge < -0.3 is 5.32 Å². The Morgan fingerprint density at radius 1 is 1.00 bits per heavy atom. The van der Waals surface area contributed by atoms with Gasteiger partial charge in [0.1, 0.15) is 0 Å². The van der Waals surface area contributed by atoms with E-state index in [4.69, 9.17) is 0 Å². The monoisotopic (exact) mass is 321 g/mol. The molecule has 0 bridgehead atoms. The lowest BCUT2D eigenvalue weighted by Gasteiger charge is -2.21. The van der Waals surface area contributed by atoms with Crippen LogP contribution in [0.4, 0.5) is 0 Å². The molecule has 0 spiro atoms. The topological polar surface area (TPSA) is 61.4 Å². The number of nitrogens with zero attached hydrogens (tertiary/aromatic N) is 1.